The molecule has 0 radical (unpaired) electrons. The van der Waals surface area contributed by atoms with Crippen molar-refractivity contribution >= 4 is 11.6 Å². The Labute approximate surface area is 148 Å². The van der Waals surface area contributed by atoms with Gasteiger partial charge in [0.25, 0.3) is 5.91 Å². The maximum atomic E-state index is 12.9. The zero-order valence-electron chi connectivity index (χ0n) is 14.6. The number of aryl methyl sites for hydroxylation is 1. The van der Waals surface area contributed by atoms with Crippen LogP contribution in [-0.4, -0.2) is 38.6 Å². The lowest BCUT2D eigenvalue weighted by Crippen LogP contribution is -3.15. The SMILES string of the molecule is Cc1ccccc1N1CC[NH+](CC(=O)NCc2ccc(F)cc2)CC1. The predicted molar refractivity (Wildman–Crippen MR) is 97.2 cm³/mol. The largest absolute Gasteiger partial charge is 0.360 e. The molecular weight excluding hydrogens is 317 g/mol. The van der Waals surface area contributed by atoms with Gasteiger partial charge in [-0.2, -0.15) is 0 Å². The smallest absolute Gasteiger partial charge is 0.275 e. The summed E-state index contributed by atoms with van der Waals surface area (Å²) >= 11 is 0. The molecular formula is C20H25FN3O+. The highest BCUT2D eigenvalue weighted by atomic mass is 19.1. The Morgan fingerprint density at radius 2 is 1.80 bits per heavy atom. The summed E-state index contributed by atoms with van der Waals surface area (Å²) in [7, 11) is 0. The highest BCUT2D eigenvalue weighted by molar-refractivity contribution is 5.76. The molecule has 4 nitrogen and oxygen atoms in total. The van der Waals surface area contributed by atoms with Crippen molar-refractivity contribution in [1.82, 2.24) is 5.32 Å². The fourth-order valence-electron chi connectivity index (χ4n) is 3.25. The first-order valence-corrected chi connectivity index (χ1v) is 8.77. The van der Waals surface area contributed by atoms with Gasteiger partial charge in [0, 0.05) is 12.2 Å². The van der Waals surface area contributed by atoms with E-state index in [0.717, 1.165) is 31.7 Å². The average Bonchev–Trinajstić information content (AvgIpc) is 2.62. The second kappa shape index (κ2) is 8.12. The predicted octanol–water partition coefficient (Wildman–Crippen LogP) is 1.16. The van der Waals surface area contributed by atoms with Crippen molar-refractivity contribution < 1.29 is 14.1 Å². The zero-order valence-corrected chi connectivity index (χ0v) is 14.6. The number of hydrogen-bond donors (Lipinski definition) is 2. The Balaban J connectivity index is 1.43. The van der Waals surface area contributed by atoms with Gasteiger partial charge in [-0.1, -0.05) is 30.3 Å². The lowest BCUT2D eigenvalue weighted by atomic mass is 10.1. The van der Waals surface area contributed by atoms with Crippen molar-refractivity contribution in [3.05, 3.63) is 65.5 Å². The van der Waals surface area contributed by atoms with Crippen LogP contribution in [0.15, 0.2) is 48.5 Å². The Morgan fingerprint density at radius 1 is 1.12 bits per heavy atom. The Hall–Kier alpha value is -2.40. The minimum absolute atomic E-state index is 0.0451. The number of carbonyl (C=O) groups excluding carboxylic acids is 1. The van der Waals surface area contributed by atoms with Gasteiger partial charge >= 0.3 is 0 Å². The molecule has 1 amide bonds. The highest BCUT2D eigenvalue weighted by Crippen LogP contribution is 2.18. The summed E-state index contributed by atoms with van der Waals surface area (Å²) in [4.78, 5) is 15.8. The second-order valence-corrected chi connectivity index (χ2v) is 6.60. The van der Waals surface area contributed by atoms with Crippen LogP contribution in [0.1, 0.15) is 11.1 Å². The minimum Gasteiger partial charge on any atom is -0.360 e. The number of amides is 1. The molecule has 2 N–H and O–H groups in total. The molecule has 1 heterocycles. The number of rotatable bonds is 5. The molecule has 3 rings (SSSR count). The minimum atomic E-state index is -0.258. The van der Waals surface area contributed by atoms with Gasteiger partial charge in [-0.3, -0.25) is 4.79 Å². The first-order chi connectivity index (χ1) is 12.1. The molecule has 0 unspecified atom stereocenters. The van der Waals surface area contributed by atoms with Crippen molar-refractivity contribution in [3.8, 4) is 0 Å². The van der Waals surface area contributed by atoms with E-state index in [1.54, 1.807) is 12.1 Å². The first kappa shape index (κ1) is 17.4. The molecule has 1 fully saturated rings. The topological polar surface area (TPSA) is 36.8 Å². The van der Waals surface area contributed by atoms with Crippen LogP contribution in [0.5, 0.6) is 0 Å². The van der Waals surface area contributed by atoms with E-state index in [1.165, 1.54) is 28.3 Å². The maximum absolute atomic E-state index is 12.9. The molecule has 0 saturated carbocycles. The van der Waals surface area contributed by atoms with E-state index in [4.69, 9.17) is 0 Å². The van der Waals surface area contributed by atoms with Crippen LogP contribution < -0.4 is 15.1 Å². The number of nitrogens with one attached hydrogen (secondary N) is 2. The third kappa shape index (κ3) is 4.79. The third-order valence-electron chi connectivity index (χ3n) is 4.74. The molecule has 0 aromatic heterocycles. The van der Waals surface area contributed by atoms with Crippen LogP contribution in [-0.2, 0) is 11.3 Å². The van der Waals surface area contributed by atoms with E-state index in [1.807, 2.05) is 0 Å². The van der Waals surface area contributed by atoms with Crippen molar-refractivity contribution in [1.29, 1.82) is 0 Å². The van der Waals surface area contributed by atoms with Crippen molar-refractivity contribution in [2.45, 2.75) is 13.5 Å². The molecule has 132 valence electrons. The molecule has 1 saturated heterocycles. The van der Waals surface area contributed by atoms with Crippen LogP contribution in [0.3, 0.4) is 0 Å². The number of piperazine rings is 1. The van der Waals surface area contributed by atoms with Gasteiger partial charge in [0.05, 0.1) is 26.2 Å². The van der Waals surface area contributed by atoms with Crippen molar-refractivity contribution in [2.24, 2.45) is 0 Å². The Bertz CT molecular complexity index is 709. The highest BCUT2D eigenvalue weighted by Gasteiger charge is 2.22. The quantitative estimate of drug-likeness (QED) is 0.855. The van der Waals surface area contributed by atoms with Crippen LogP contribution in [0, 0.1) is 12.7 Å². The summed E-state index contributed by atoms with van der Waals surface area (Å²) in [6.07, 6.45) is 0. The van der Waals surface area contributed by atoms with E-state index in [2.05, 4.69) is 41.4 Å². The Kier molecular flexibility index (Phi) is 5.66. The molecule has 2 aromatic rings. The molecule has 0 bridgehead atoms. The second-order valence-electron chi connectivity index (χ2n) is 6.60. The van der Waals surface area contributed by atoms with Gasteiger partial charge < -0.3 is 15.1 Å². The van der Waals surface area contributed by atoms with E-state index in [0.29, 0.717) is 13.1 Å². The van der Waals surface area contributed by atoms with Crippen molar-refractivity contribution in [2.75, 3.05) is 37.6 Å². The number of carbonyl (C=O) groups is 1. The van der Waals surface area contributed by atoms with Gasteiger partial charge in [-0.25, -0.2) is 4.39 Å². The number of halogens is 1. The standard InChI is InChI=1S/C20H24FN3O/c1-16-4-2-3-5-19(16)24-12-10-23(11-13-24)15-20(25)22-14-17-6-8-18(21)9-7-17/h2-9H,10-15H2,1H3,(H,22,25)/p+1. The Morgan fingerprint density at radius 3 is 2.48 bits per heavy atom. The molecule has 0 aliphatic carbocycles. The van der Waals surface area contributed by atoms with Crippen LogP contribution in [0.25, 0.3) is 0 Å². The van der Waals surface area contributed by atoms with E-state index < -0.39 is 0 Å². The van der Waals surface area contributed by atoms with E-state index >= 15 is 0 Å². The number of hydrogen-bond acceptors (Lipinski definition) is 2. The van der Waals surface area contributed by atoms with Gasteiger partial charge in [0.2, 0.25) is 0 Å². The molecule has 1 aliphatic heterocycles. The number of quaternary nitrogens is 1. The summed E-state index contributed by atoms with van der Waals surface area (Å²) in [6, 6.07) is 14.7. The summed E-state index contributed by atoms with van der Waals surface area (Å²) in [5.41, 5.74) is 3.50. The van der Waals surface area contributed by atoms with Gasteiger partial charge in [0.15, 0.2) is 6.54 Å². The number of para-hydroxylation sites is 1. The first-order valence-electron chi connectivity index (χ1n) is 8.77. The molecule has 25 heavy (non-hydrogen) atoms. The summed E-state index contributed by atoms with van der Waals surface area (Å²) < 4.78 is 12.9. The number of benzene rings is 2. The average molecular weight is 342 g/mol. The van der Waals surface area contributed by atoms with Crippen molar-refractivity contribution in [3.63, 3.8) is 0 Å². The van der Waals surface area contributed by atoms with E-state index in [-0.39, 0.29) is 11.7 Å². The van der Waals surface area contributed by atoms with Crippen LogP contribution in [0.2, 0.25) is 0 Å². The molecule has 0 spiro atoms. The zero-order chi connectivity index (χ0) is 17.6. The third-order valence-corrected chi connectivity index (χ3v) is 4.74. The molecule has 0 atom stereocenters. The van der Waals surface area contributed by atoms with E-state index in [9.17, 15) is 9.18 Å². The van der Waals surface area contributed by atoms with Crippen LogP contribution in [0.4, 0.5) is 10.1 Å². The lowest BCUT2D eigenvalue weighted by molar-refractivity contribution is -0.892. The molecule has 1 aliphatic rings. The summed E-state index contributed by atoms with van der Waals surface area (Å²) in [6.45, 7) is 6.91. The number of nitrogens with zero attached hydrogens (tertiary/aromatic N) is 1. The summed E-state index contributed by atoms with van der Waals surface area (Å²) in [5.74, 6) is -0.213. The summed E-state index contributed by atoms with van der Waals surface area (Å²) in [5, 5.41) is 2.92. The number of anilines is 1. The van der Waals surface area contributed by atoms with Gasteiger partial charge in [-0.15, -0.1) is 0 Å². The molecule has 2 aromatic carbocycles. The molecule has 5 heteroatoms. The van der Waals surface area contributed by atoms with Gasteiger partial charge in [0.1, 0.15) is 5.82 Å². The maximum Gasteiger partial charge on any atom is 0.275 e. The monoisotopic (exact) mass is 342 g/mol. The fourth-order valence-corrected chi connectivity index (χ4v) is 3.25. The van der Waals surface area contributed by atoms with Gasteiger partial charge in [-0.05, 0) is 36.2 Å². The fraction of sp³-hybridized carbons (Fsp3) is 0.350. The normalized spacial score (nSPS) is 15.2. The van der Waals surface area contributed by atoms with Crippen LogP contribution >= 0.6 is 0 Å². The lowest BCUT2D eigenvalue weighted by Gasteiger charge is -2.34.